The van der Waals surface area contributed by atoms with E-state index in [1.807, 2.05) is 0 Å². The molecule has 3 heteroatoms. The smallest absolute Gasteiger partial charge is 0.0901 e. The Bertz CT molecular complexity index is 263. The summed E-state index contributed by atoms with van der Waals surface area (Å²) in [7, 11) is 0. The van der Waals surface area contributed by atoms with Crippen molar-refractivity contribution in [2.24, 2.45) is 17.8 Å². The van der Waals surface area contributed by atoms with Crippen LogP contribution in [0.15, 0.2) is 12.8 Å². The molecule has 0 spiro atoms. The minimum Gasteiger partial charge on any atom is -0.502 e. The van der Waals surface area contributed by atoms with E-state index in [-0.39, 0.29) is 0 Å². The summed E-state index contributed by atoms with van der Waals surface area (Å²) in [6.45, 7) is 9.29. The van der Waals surface area contributed by atoms with Crippen LogP contribution in [-0.4, -0.2) is 32.5 Å². The zero-order chi connectivity index (χ0) is 14.2. The maximum absolute atomic E-state index is 5.94. The Morgan fingerprint density at radius 1 is 0.950 bits per heavy atom. The maximum Gasteiger partial charge on any atom is 0.0901 e. The molecule has 1 aliphatic heterocycles. The van der Waals surface area contributed by atoms with Gasteiger partial charge in [0.05, 0.1) is 32.2 Å². The largest absolute Gasteiger partial charge is 0.502 e. The second-order valence-corrected chi connectivity index (χ2v) is 6.51. The SMILES string of the molecule is C=COCC1CCC(COCC2CCC(C)OC2)CC1. The molecule has 20 heavy (non-hydrogen) atoms. The van der Waals surface area contributed by atoms with Crippen LogP contribution in [0, 0.1) is 17.8 Å². The van der Waals surface area contributed by atoms with Gasteiger partial charge in [-0.1, -0.05) is 6.58 Å². The summed E-state index contributed by atoms with van der Waals surface area (Å²) >= 11 is 0. The minimum atomic E-state index is 0.444. The molecule has 0 bridgehead atoms. The summed E-state index contributed by atoms with van der Waals surface area (Å²) in [5.41, 5.74) is 0. The Balaban J connectivity index is 1.51. The molecule has 1 saturated heterocycles. The molecule has 0 aromatic rings. The van der Waals surface area contributed by atoms with Crippen LogP contribution in [-0.2, 0) is 14.2 Å². The highest BCUT2D eigenvalue weighted by atomic mass is 16.5. The van der Waals surface area contributed by atoms with E-state index in [1.165, 1.54) is 38.5 Å². The highest BCUT2D eigenvalue weighted by molar-refractivity contribution is 4.73. The van der Waals surface area contributed by atoms with Crippen LogP contribution in [0.2, 0.25) is 0 Å². The van der Waals surface area contributed by atoms with Crippen LogP contribution in [0.5, 0.6) is 0 Å². The van der Waals surface area contributed by atoms with E-state index in [0.717, 1.165) is 38.3 Å². The van der Waals surface area contributed by atoms with Crippen molar-refractivity contribution < 1.29 is 14.2 Å². The van der Waals surface area contributed by atoms with E-state index in [1.54, 1.807) is 6.26 Å². The quantitative estimate of drug-likeness (QED) is 0.665. The number of hydrogen-bond acceptors (Lipinski definition) is 3. The van der Waals surface area contributed by atoms with Gasteiger partial charge in [-0.15, -0.1) is 0 Å². The van der Waals surface area contributed by atoms with Crippen LogP contribution in [0.4, 0.5) is 0 Å². The molecule has 0 N–H and O–H groups in total. The Morgan fingerprint density at radius 2 is 1.55 bits per heavy atom. The number of hydrogen-bond donors (Lipinski definition) is 0. The van der Waals surface area contributed by atoms with Crippen molar-refractivity contribution in [2.75, 3.05) is 26.4 Å². The molecule has 2 unspecified atom stereocenters. The first-order valence-corrected chi connectivity index (χ1v) is 8.19. The number of rotatable bonds is 7. The van der Waals surface area contributed by atoms with Crippen LogP contribution in [0.25, 0.3) is 0 Å². The zero-order valence-electron chi connectivity index (χ0n) is 12.9. The van der Waals surface area contributed by atoms with Crippen molar-refractivity contribution in [3.63, 3.8) is 0 Å². The van der Waals surface area contributed by atoms with Crippen molar-refractivity contribution in [1.82, 2.24) is 0 Å². The molecule has 2 aliphatic rings. The molecule has 0 aromatic heterocycles. The average Bonchev–Trinajstić information content (AvgIpc) is 2.48. The lowest BCUT2D eigenvalue weighted by Crippen LogP contribution is -2.28. The molecule has 2 fully saturated rings. The number of ether oxygens (including phenoxy) is 3. The topological polar surface area (TPSA) is 27.7 Å². The van der Waals surface area contributed by atoms with Crippen molar-refractivity contribution in [1.29, 1.82) is 0 Å². The van der Waals surface area contributed by atoms with Gasteiger partial charge < -0.3 is 14.2 Å². The lowest BCUT2D eigenvalue weighted by Gasteiger charge is -2.29. The highest BCUT2D eigenvalue weighted by Gasteiger charge is 2.23. The van der Waals surface area contributed by atoms with Crippen molar-refractivity contribution in [3.8, 4) is 0 Å². The second kappa shape index (κ2) is 8.68. The maximum atomic E-state index is 5.94. The predicted octanol–water partition coefficient (Wildman–Crippen LogP) is 3.78. The third-order valence-electron chi connectivity index (χ3n) is 4.72. The summed E-state index contributed by atoms with van der Waals surface area (Å²) in [6, 6.07) is 0. The summed E-state index contributed by atoms with van der Waals surface area (Å²) in [5, 5.41) is 0. The van der Waals surface area contributed by atoms with Gasteiger partial charge in [0, 0.05) is 12.5 Å². The van der Waals surface area contributed by atoms with Crippen LogP contribution in [0.1, 0.15) is 45.4 Å². The predicted molar refractivity (Wildman–Crippen MR) is 80.6 cm³/mol. The van der Waals surface area contributed by atoms with Crippen molar-refractivity contribution >= 4 is 0 Å². The molecule has 0 radical (unpaired) electrons. The van der Waals surface area contributed by atoms with Crippen molar-refractivity contribution in [2.45, 2.75) is 51.6 Å². The third-order valence-corrected chi connectivity index (χ3v) is 4.72. The molecular formula is C17H30O3. The Labute approximate surface area is 123 Å². The Hall–Kier alpha value is -0.540. The average molecular weight is 282 g/mol. The fourth-order valence-electron chi connectivity index (χ4n) is 3.24. The molecule has 2 atom stereocenters. The van der Waals surface area contributed by atoms with Gasteiger partial charge in [-0.25, -0.2) is 0 Å². The highest BCUT2D eigenvalue weighted by Crippen LogP contribution is 2.29. The van der Waals surface area contributed by atoms with Gasteiger partial charge in [0.1, 0.15) is 0 Å². The van der Waals surface area contributed by atoms with E-state index in [2.05, 4.69) is 13.5 Å². The standard InChI is InChI=1S/C17H30O3/c1-3-18-10-15-6-8-16(9-7-15)11-19-12-17-5-4-14(2)20-13-17/h3,14-17H,1,4-13H2,2H3. The first-order valence-electron chi connectivity index (χ1n) is 8.19. The molecule has 0 aromatic carbocycles. The van der Waals surface area contributed by atoms with E-state index >= 15 is 0 Å². The van der Waals surface area contributed by atoms with Gasteiger partial charge in [-0.05, 0) is 57.3 Å². The first kappa shape index (κ1) is 15.8. The van der Waals surface area contributed by atoms with Crippen LogP contribution in [0.3, 0.4) is 0 Å². The third kappa shape index (κ3) is 5.45. The summed E-state index contributed by atoms with van der Waals surface area (Å²) in [6.07, 6.45) is 9.54. The lowest BCUT2D eigenvalue weighted by atomic mass is 9.83. The summed E-state index contributed by atoms with van der Waals surface area (Å²) in [5.74, 6) is 2.08. The summed E-state index contributed by atoms with van der Waals surface area (Å²) < 4.78 is 16.9. The van der Waals surface area contributed by atoms with E-state index in [4.69, 9.17) is 14.2 Å². The first-order chi connectivity index (χ1) is 9.78. The summed E-state index contributed by atoms with van der Waals surface area (Å²) in [4.78, 5) is 0. The van der Waals surface area contributed by atoms with Crippen LogP contribution < -0.4 is 0 Å². The van der Waals surface area contributed by atoms with Gasteiger partial charge in [0.2, 0.25) is 0 Å². The lowest BCUT2D eigenvalue weighted by molar-refractivity contribution is -0.0406. The molecule has 1 heterocycles. The monoisotopic (exact) mass is 282 g/mol. The van der Waals surface area contributed by atoms with Gasteiger partial charge in [0.25, 0.3) is 0 Å². The molecular weight excluding hydrogens is 252 g/mol. The van der Waals surface area contributed by atoms with Crippen LogP contribution >= 0.6 is 0 Å². The fraction of sp³-hybridized carbons (Fsp3) is 0.882. The minimum absolute atomic E-state index is 0.444. The van der Waals surface area contributed by atoms with Gasteiger partial charge >= 0.3 is 0 Å². The molecule has 2 rings (SSSR count). The van der Waals surface area contributed by atoms with Gasteiger partial charge in [0.15, 0.2) is 0 Å². The molecule has 1 aliphatic carbocycles. The Kier molecular flexibility index (Phi) is 6.88. The van der Waals surface area contributed by atoms with Gasteiger partial charge in [-0.3, -0.25) is 0 Å². The van der Waals surface area contributed by atoms with E-state index in [0.29, 0.717) is 12.0 Å². The van der Waals surface area contributed by atoms with E-state index in [9.17, 15) is 0 Å². The molecule has 116 valence electrons. The zero-order valence-corrected chi connectivity index (χ0v) is 12.9. The normalized spacial score (nSPS) is 34.6. The molecule has 1 saturated carbocycles. The molecule has 3 nitrogen and oxygen atoms in total. The second-order valence-electron chi connectivity index (χ2n) is 6.51. The molecule has 0 amide bonds. The van der Waals surface area contributed by atoms with Gasteiger partial charge in [-0.2, -0.15) is 0 Å². The van der Waals surface area contributed by atoms with E-state index < -0.39 is 0 Å². The fourth-order valence-corrected chi connectivity index (χ4v) is 3.24. The van der Waals surface area contributed by atoms with Crippen molar-refractivity contribution in [3.05, 3.63) is 12.8 Å². The Morgan fingerprint density at radius 3 is 2.15 bits per heavy atom.